The van der Waals surface area contributed by atoms with Gasteiger partial charge in [0.2, 0.25) is 5.91 Å². The van der Waals surface area contributed by atoms with Crippen molar-refractivity contribution in [2.45, 2.75) is 13.3 Å². The van der Waals surface area contributed by atoms with Gasteiger partial charge in [-0.3, -0.25) is 9.59 Å². The second kappa shape index (κ2) is 8.56. The summed E-state index contributed by atoms with van der Waals surface area (Å²) in [6.07, 6.45) is 3.42. The summed E-state index contributed by atoms with van der Waals surface area (Å²) in [5.74, 6) is -0.366. The summed E-state index contributed by atoms with van der Waals surface area (Å²) in [5, 5.41) is 2.70. The number of hydrogen-bond donors (Lipinski definition) is 1. The highest BCUT2D eigenvalue weighted by Gasteiger charge is 2.14. The summed E-state index contributed by atoms with van der Waals surface area (Å²) in [6.45, 7) is 5.35. The van der Waals surface area contributed by atoms with Crippen LogP contribution in [0.15, 0.2) is 72.2 Å². The van der Waals surface area contributed by atoms with Crippen molar-refractivity contribution in [1.29, 1.82) is 0 Å². The van der Waals surface area contributed by atoms with Crippen molar-refractivity contribution in [1.82, 2.24) is 4.57 Å². The highest BCUT2D eigenvalue weighted by Crippen LogP contribution is 2.36. The van der Waals surface area contributed by atoms with Gasteiger partial charge >= 0.3 is 0 Å². The maximum absolute atomic E-state index is 14.1. The van der Waals surface area contributed by atoms with Gasteiger partial charge in [0.15, 0.2) is 11.6 Å². The first-order chi connectivity index (χ1) is 13.9. The van der Waals surface area contributed by atoms with Crippen molar-refractivity contribution in [3.8, 4) is 22.6 Å². The lowest BCUT2D eigenvalue weighted by atomic mass is 10.0. The molecule has 3 aromatic rings. The fourth-order valence-electron chi connectivity index (χ4n) is 2.94. The Hall–Kier alpha value is -3.67. The Labute approximate surface area is 168 Å². The number of anilines is 1. The summed E-state index contributed by atoms with van der Waals surface area (Å²) < 4.78 is 21.4. The van der Waals surface area contributed by atoms with Crippen LogP contribution in [-0.4, -0.2) is 10.5 Å². The zero-order valence-electron chi connectivity index (χ0n) is 16.2. The van der Waals surface area contributed by atoms with E-state index in [9.17, 15) is 14.0 Å². The van der Waals surface area contributed by atoms with Gasteiger partial charge in [0.1, 0.15) is 5.75 Å². The minimum Gasteiger partial charge on any atom is -0.454 e. The van der Waals surface area contributed by atoms with E-state index in [1.54, 1.807) is 49.6 Å². The monoisotopic (exact) mass is 392 g/mol. The Morgan fingerprint density at radius 3 is 2.66 bits per heavy atom. The average molecular weight is 392 g/mol. The van der Waals surface area contributed by atoms with Gasteiger partial charge in [-0.1, -0.05) is 25.6 Å². The van der Waals surface area contributed by atoms with Crippen LogP contribution >= 0.6 is 0 Å². The summed E-state index contributed by atoms with van der Waals surface area (Å²) in [5.41, 5.74) is 2.41. The SMILES string of the molecule is C=CC(=O)Nc1ccc(Oc2ccccc2F)c(-c2cc(CC)c(=O)n(C)c2)c1. The number of rotatable bonds is 6. The van der Waals surface area contributed by atoms with Gasteiger partial charge in [-0.25, -0.2) is 4.39 Å². The van der Waals surface area contributed by atoms with Crippen molar-refractivity contribution in [2.75, 3.05) is 5.32 Å². The molecule has 5 nitrogen and oxygen atoms in total. The molecule has 0 saturated heterocycles. The number of amides is 1. The minimum absolute atomic E-state index is 0.0797. The van der Waals surface area contributed by atoms with Gasteiger partial charge in [-0.2, -0.15) is 0 Å². The number of carbonyl (C=O) groups excluding carboxylic acids is 1. The van der Waals surface area contributed by atoms with Gasteiger partial charge in [0.25, 0.3) is 5.56 Å². The number of pyridine rings is 1. The lowest BCUT2D eigenvalue weighted by Crippen LogP contribution is -2.20. The van der Waals surface area contributed by atoms with Crippen molar-refractivity contribution >= 4 is 11.6 Å². The highest BCUT2D eigenvalue weighted by molar-refractivity contribution is 5.99. The molecular weight excluding hydrogens is 371 g/mol. The summed E-state index contributed by atoms with van der Waals surface area (Å²) >= 11 is 0. The molecule has 148 valence electrons. The average Bonchev–Trinajstić information content (AvgIpc) is 2.72. The zero-order valence-corrected chi connectivity index (χ0v) is 16.2. The first-order valence-electron chi connectivity index (χ1n) is 9.12. The normalized spacial score (nSPS) is 10.4. The highest BCUT2D eigenvalue weighted by atomic mass is 19.1. The third-order valence-corrected chi connectivity index (χ3v) is 4.44. The maximum Gasteiger partial charge on any atom is 0.253 e. The Morgan fingerprint density at radius 2 is 1.97 bits per heavy atom. The zero-order chi connectivity index (χ0) is 21.0. The molecule has 0 saturated carbocycles. The molecule has 1 aromatic heterocycles. The number of aryl methyl sites for hydroxylation is 2. The summed E-state index contributed by atoms with van der Waals surface area (Å²) in [6, 6.07) is 12.9. The number of nitrogens with zero attached hydrogens (tertiary/aromatic N) is 1. The lowest BCUT2D eigenvalue weighted by Gasteiger charge is -2.15. The molecule has 1 amide bonds. The van der Waals surface area contributed by atoms with E-state index in [0.717, 1.165) is 0 Å². The molecule has 0 fully saturated rings. The van der Waals surface area contributed by atoms with Gasteiger partial charge in [0.05, 0.1) is 0 Å². The van der Waals surface area contributed by atoms with Crippen molar-refractivity contribution in [2.24, 2.45) is 7.05 Å². The molecule has 1 N–H and O–H groups in total. The first-order valence-corrected chi connectivity index (χ1v) is 9.12. The molecule has 6 heteroatoms. The van der Waals surface area contributed by atoms with E-state index in [2.05, 4.69) is 11.9 Å². The molecule has 0 aliphatic rings. The van der Waals surface area contributed by atoms with Crippen LogP contribution in [0.5, 0.6) is 11.5 Å². The minimum atomic E-state index is -0.489. The van der Waals surface area contributed by atoms with E-state index >= 15 is 0 Å². The molecule has 3 rings (SSSR count). The third kappa shape index (κ3) is 4.43. The number of halogens is 1. The number of para-hydroxylation sites is 1. The van der Waals surface area contributed by atoms with Gasteiger partial charge < -0.3 is 14.6 Å². The van der Waals surface area contributed by atoms with E-state index < -0.39 is 5.82 Å². The summed E-state index contributed by atoms with van der Waals surface area (Å²) in [4.78, 5) is 24.0. The quantitative estimate of drug-likeness (QED) is 0.620. The standard InChI is InChI=1S/C23H21FN2O3/c1-4-15-12-16(14-26(3)23(15)28)18-13-17(25-22(27)5-2)10-11-20(18)29-21-9-7-6-8-19(21)24/h5-14H,2,4H2,1,3H3,(H,25,27). The second-order valence-corrected chi connectivity index (χ2v) is 6.46. The maximum atomic E-state index is 14.1. The number of carbonyl (C=O) groups is 1. The van der Waals surface area contributed by atoms with Crippen LogP contribution in [0.2, 0.25) is 0 Å². The Kier molecular flexibility index (Phi) is 5.93. The number of nitrogens with one attached hydrogen (secondary N) is 1. The first kappa shape index (κ1) is 20.1. The van der Waals surface area contributed by atoms with E-state index in [1.165, 1.54) is 22.8 Å². The van der Waals surface area contributed by atoms with Crippen molar-refractivity contribution in [3.05, 3.63) is 89.1 Å². The number of aromatic nitrogens is 1. The van der Waals surface area contributed by atoms with Gasteiger partial charge in [-0.15, -0.1) is 0 Å². The molecule has 0 radical (unpaired) electrons. The largest absolute Gasteiger partial charge is 0.454 e. The van der Waals surface area contributed by atoms with Crippen LogP contribution in [-0.2, 0) is 18.3 Å². The van der Waals surface area contributed by atoms with Crippen LogP contribution < -0.4 is 15.6 Å². The Bertz CT molecular complexity index is 1140. The van der Waals surface area contributed by atoms with Crippen LogP contribution in [0, 0.1) is 5.82 Å². The van der Waals surface area contributed by atoms with Crippen molar-refractivity contribution in [3.63, 3.8) is 0 Å². The Morgan fingerprint density at radius 1 is 1.21 bits per heavy atom. The van der Waals surface area contributed by atoms with E-state index in [1.807, 2.05) is 6.92 Å². The smallest absolute Gasteiger partial charge is 0.253 e. The van der Waals surface area contributed by atoms with E-state index in [0.29, 0.717) is 34.5 Å². The molecule has 0 atom stereocenters. The molecule has 1 heterocycles. The van der Waals surface area contributed by atoms with Crippen LogP contribution in [0.4, 0.5) is 10.1 Å². The van der Waals surface area contributed by atoms with E-state index in [-0.39, 0.29) is 17.2 Å². The third-order valence-electron chi connectivity index (χ3n) is 4.44. The molecule has 2 aromatic carbocycles. The number of benzene rings is 2. The molecular formula is C23H21FN2O3. The van der Waals surface area contributed by atoms with Gasteiger partial charge in [0, 0.05) is 35.6 Å². The van der Waals surface area contributed by atoms with Crippen LogP contribution in [0.3, 0.4) is 0 Å². The molecule has 0 aliphatic heterocycles. The number of ether oxygens (including phenoxy) is 1. The molecule has 0 bridgehead atoms. The fraction of sp³-hybridized carbons (Fsp3) is 0.130. The predicted octanol–water partition coefficient (Wildman–Crippen LogP) is 4.67. The molecule has 29 heavy (non-hydrogen) atoms. The van der Waals surface area contributed by atoms with Gasteiger partial charge in [-0.05, 0) is 48.9 Å². The fourth-order valence-corrected chi connectivity index (χ4v) is 2.94. The van der Waals surface area contributed by atoms with E-state index in [4.69, 9.17) is 4.74 Å². The van der Waals surface area contributed by atoms with Crippen molar-refractivity contribution < 1.29 is 13.9 Å². The molecule has 0 unspecified atom stereocenters. The van der Waals surface area contributed by atoms with Crippen LogP contribution in [0.25, 0.3) is 11.1 Å². The predicted molar refractivity (Wildman–Crippen MR) is 112 cm³/mol. The lowest BCUT2D eigenvalue weighted by molar-refractivity contribution is -0.111. The molecule has 0 aliphatic carbocycles. The Balaban J connectivity index is 2.15. The second-order valence-electron chi connectivity index (χ2n) is 6.46. The topological polar surface area (TPSA) is 60.3 Å². The summed E-state index contributed by atoms with van der Waals surface area (Å²) in [7, 11) is 1.67. The van der Waals surface area contributed by atoms with Crippen LogP contribution in [0.1, 0.15) is 12.5 Å². The number of hydrogen-bond acceptors (Lipinski definition) is 3. The molecule has 0 spiro atoms.